The molecule has 0 aromatic heterocycles. The second-order valence-electron chi connectivity index (χ2n) is 1.82. The van der Waals surface area contributed by atoms with E-state index in [-0.39, 0.29) is 6.61 Å². The number of carbonyl (C=O) groups excluding carboxylic acids is 1. The molecule has 3 heteroatoms. The highest BCUT2D eigenvalue weighted by Crippen LogP contribution is 1.91. The van der Waals surface area contributed by atoms with Crippen LogP contribution in [-0.2, 0) is 9.53 Å². The van der Waals surface area contributed by atoms with E-state index in [9.17, 15) is 9.18 Å². The van der Waals surface area contributed by atoms with Gasteiger partial charge in [-0.3, -0.25) is 0 Å². The molecular formula is C7H11FO2. The fourth-order valence-corrected chi connectivity index (χ4v) is 0.341. The second-order valence-corrected chi connectivity index (χ2v) is 1.82. The van der Waals surface area contributed by atoms with E-state index >= 15 is 0 Å². The Morgan fingerprint density at radius 1 is 1.80 bits per heavy atom. The molecule has 0 aliphatic heterocycles. The summed E-state index contributed by atoms with van der Waals surface area (Å²) in [6.45, 7) is 3.11. The van der Waals surface area contributed by atoms with E-state index < -0.39 is 12.1 Å². The summed E-state index contributed by atoms with van der Waals surface area (Å²) in [4.78, 5) is 10.4. The average Bonchev–Trinajstić information content (AvgIpc) is 1.88. The smallest absolute Gasteiger partial charge is 0.340 e. The number of esters is 1. The molecule has 1 atom stereocenters. The van der Waals surface area contributed by atoms with Gasteiger partial charge in [0, 0.05) is 0 Å². The van der Waals surface area contributed by atoms with E-state index in [2.05, 4.69) is 4.74 Å². The van der Waals surface area contributed by atoms with E-state index in [4.69, 9.17) is 0 Å². The monoisotopic (exact) mass is 146 g/mol. The Bertz CT molecular complexity index is 130. The summed E-state index contributed by atoms with van der Waals surface area (Å²) in [6, 6.07) is 0. The van der Waals surface area contributed by atoms with Crippen molar-refractivity contribution < 1.29 is 13.9 Å². The van der Waals surface area contributed by atoms with Crippen LogP contribution < -0.4 is 0 Å². The summed E-state index contributed by atoms with van der Waals surface area (Å²) >= 11 is 0. The van der Waals surface area contributed by atoms with Gasteiger partial charge >= 0.3 is 5.97 Å². The average molecular weight is 146 g/mol. The zero-order chi connectivity index (χ0) is 7.98. The maximum Gasteiger partial charge on any atom is 0.340 e. The molecule has 10 heavy (non-hydrogen) atoms. The minimum absolute atomic E-state index is 0.156. The maximum atomic E-state index is 12.0. The molecule has 0 heterocycles. The lowest BCUT2D eigenvalue weighted by Crippen LogP contribution is -2.15. The highest BCUT2D eigenvalue weighted by Gasteiger charge is 2.10. The third-order valence-electron chi connectivity index (χ3n) is 0.882. The molecule has 0 amide bonds. The van der Waals surface area contributed by atoms with Crippen LogP contribution >= 0.6 is 0 Å². The third kappa shape index (κ3) is 4.06. The number of halogens is 1. The summed E-state index contributed by atoms with van der Waals surface area (Å²) < 4.78 is 16.5. The molecule has 0 aromatic carbocycles. The van der Waals surface area contributed by atoms with Gasteiger partial charge in [-0.2, -0.15) is 0 Å². The Morgan fingerprint density at radius 2 is 2.40 bits per heavy atom. The molecule has 0 aliphatic carbocycles. The topological polar surface area (TPSA) is 26.3 Å². The third-order valence-corrected chi connectivity index (χ3v) is 0.882. The van der Waals surface area contributed by atoms with E-state index in [1.165, 1.54) is 0 Å². The van der Waals surface area contributed by atoms with Crippen LogP contribution in [0.1, 0.15) is 13.8 Å². The van der Waals surface area contributed by atoms with Gasteiger partial charge < -0.3 is 4.74 Å². The summed E-state index contributed by atoms with van der Waals surface area (Å²) in [5.74, 6) is -0.807. The molecule has 0 saturated carbocycles. The minimum atomic E-state index is -1.52. The predicted molar refractivity (Wildman–Crippen MR) is 36.3 cm³/mol. The lowest BCUT2D eigenvalue weighted by Gasteiger charge is -2.00. The summed E-state index contributed by atoms with van der Waals surface area (Å²) in [6.07, 6.45) is 1.85. The normalized spacial score (nSPS) is 13.5. The van der Waals surface area contributed by atoms with Gasteiger partial charge in [-0.05, 0) is 13.8 Å². The van der Waals surface area contributed by atoms with Crippen molar-refractivity contribution in [1.82, 2.24) is 0 Å². The first-order chi connectivity index (χ1) is 4.68. The zero-order valence-electron chi connectivity index (χ0n) is 6.13. The van der Waals surface area contributed by atoms with Gasteiger partial charge in [-0.25, -0.2) is 9.18 Å². The van der Waals surface area contributed by atoms with Gasteiger partial charge in [0.15, 0.2) is 6.17 Å². The van der Waals surface area contributed by atoms with Crippen LogP contribution in [0.5, 0.6) is 0 Å². The fourth-order valence-electron chi connectivity index (χ4n) is 0.341. The first-order valence-corrected chi connectivity index (χ1v) is 3.10. The van der Waals surface area contributed by atoms with Crippen LogP contribution in [0.3, 0.4) is 0 Å². The van der Waals surface area contributed by atoms with Crippen molar-refractivity contribution >= 4 is 5.97 Å². The number of hydrogen-bond acceptors (Lipinski definition) is 2. The predicted octanol–water partition coefficient (Wildman–Crippen LogP) is 1.46. The van der Waals surface area contributed by atoms with E-state index in [1.807, 2.05) is 0 Å². The lowest BCUT2D eigenvalue weighted by molar-refractivity contribution is -0.147. The minimum Gasteiger partial charge on any atom is -0.459 e. The highest BCUT2D eigenvalue weighted by molar-refractivity contribution is 5.73. The van der Waals surface area contributed by atoms with E-state index in [0.717, 1.165) is 6.92 Å². The molecule has 0 fully saturated rings. The van der Waals surface area contributed by atoms with Crippen LogP contribution in [0, 0.1) is 0 Å². The number of alkyl halides is 1. The van der Waals surface area contributed by atoms with Crippen molar-refractivity contribution in [3.8, 4) is 0 Å². The van der Waals surface area contributed by atoms with Gasteiger partial charge in [0.25, 0.3) is 0 Å². The van der Waals surface area contributed by atoms with Crippen LogP contribution in [0.15, 0.2) is 12.2 Å². The first-order valence-electron chi connectivity index (χ1n) is 3.10. The highest BCUT2D eigenvalue weighted by atomic mass is 19.1. The van der Waals surface area contributed by atoms with Crippen molar-refractivity contribution in [2.45, 2.75) is 20.0 Å². The lowest BCUT2D eigenvalue weighted by atomic mass is 10.4. The molecular weight excluding hydrogens is 135 g/mol. The zero-order valence-corrected chi connectivity index (χ0v) is 6.13. The number of hydrogen-bond donors (Lipinski definition) is 0. The van der Waals surface area contributed by atoms with Crippen LogP contribution in [0.4, 0.5) is 4.39 Å². The molecule has 1 unspecified atom stereocenters. The van der Waals surface area contributed by atoms with Crippen molar-refractivity contribution in [3.05, 3.63) is 12.2 Å². The quantitative estimate of drug-likeness (QED) is 0.445. The molecule has 0 saturated heterocycles. The molecule has 0 aliphatic rings. The van der Waals surface area contributed by atoms with Gasteiger partial charge in [0.1, 0.15) is 6.61 Å². The largest absolute Gasteiger partial charge is 0.459 e. The molecule has 0 N–H and O–H groups in total. The van der Waals surface area contributed by atoms with Crippen molar-refractivity contribution in [1.29, 1.82) is 0 Å². The molecule has 2 nitrogen and oxygen atoms in total. The van der Waals surface area contributed by atoms with Gasteiger partial charge in [0.05, 0.1) is 0 Å². The number of allylic oxidation sites excluding steroid dienone is 1. The standard InChI is InChI=1S/C7H11FO2/c1-3-4-5-10-7(9)6(2)8/h3-4,6H,5H2,1-2H3/b4-3+. The SMILES string of the molecule is C/C=C/COC(=O)C(C)F. The Labute approximate surface area is 59.7 Å². The van der Waals surface area contributed by atoms with E-state index in [0.29, 0.717) is 0 Å². The Morgan fingerprint density at radius 3 is 2.80 bits per heavy atom. The molecule has 0 spiro atoms. The maximum absolute atomic E-state index is 12.0. The molecule has 0 radical (unpaired) electrons. The Kier molecular flexibility index (Phi) is 4.54. The molecule has 0 aromatic rings. The Balaban J connectivity index is 3.40. The summed E-state index contributed by atoms with van der Waals surface area (Å²) in [7, 11) is 0. The number of carbonyl (C=O) groups is 1. The summed E-state index contributed by atoms with van der Waals surface area (Å²) in [5, 5.41) is 0. The van der Waals surface area contributed by atoms with Gasteiger partial charge in [-0.1, -0.05) is 12.2 Å². The fraction of sp³-hybridized carbons (Fsp3) is 0.571. The van der Waals surface area contributed by atoms with E-state index in [1.54, 1.807) is 19.1 Å². The van der Waals surface area contributed by atoms with Crippen molar-refractivity contribution in [2.24, 2.45) is 0 Å². The van der Waals surface area contributed by atoms with Crippen molar-refractivity contribution in [2.75, 3.05) is 6.61 Å². The van der Waals surface area contributed by atoms with Gasteiger partial charge in [-0.15, -0.1) is 0 Å². The summed E-state index contributed by atoms with van der Waals surface area (Å²) in [5.41, 5.74) is 0. The Hall–Kier alpha value is -0.860. The van der Waals surface area contributed by atoms with Gasteiger partial charge in [0.2, 0.25) is 0 Å². The molecule has 0 bridgehead atoms. The second kappa shape index (κ2) is 4.97. The molecule has 0 rings (SSSR count). The van der Waals surface area contributed by atoms with Crippen LogP contribution in [-0.4, -0.2) is 18.7 Å². The first kappa shape index (κ1) is 9.14. The number of ether oxygens (including phenoxy) is 1. The molecule has 58 valence electrons. The van der Waals surface area contributed by atoms with Crippen LogP contribution in [0.2, 0.25) is 0 Å². The van der Waals surface area contributed by atoms with Crippen LogP contribution in [0.25, 0.3) is 0 Å². The number of rotatable bonds is 3. The van der Waals surface area contributed by atoms with Crippen molar-refractivity contribution in [3.63, 3.8) is 0 Å².